The Balaban J connectivity index is 2.40. The summed E-state index contributed by atoms with van der Waals surface area (Å²) in [5.74, 6) is -1.37. The Labute approximate surface area is 163 Å². The van der Waals surface area contributed by atoms with E-state index < -0.39 is 35.6 Å². The van der Waals surface area contributed by atoms with Gasteiger partial charge in [-0.1, -0.05) is 17.7 Å². The largest absolute Gasteiger partial charge is 0.478 e. The van der Waals surface area contributed by atoms with E-state index in [1.807, 2.05) is 0 Å². The van der Waals surface area contributed by atoms with Crippen molar-refractivity contribution < 1.29 is 26.7 Å². The molecular formula is C18H20N2O6S2. The minimum atomic E-state index is -4.51. The Kier molecular flexibility index (Phi) is 5.22. The number of hydrogen-bond donors (Lipinski definition) is 2. The van der Waals surface area contributed by atoms with E-state index in [9.17, 15) is 26.7 Å². The fourth-order valence-electron chi connectivity index (χ4n) is 3.22. The molecule has 1 fully saturated rings. The van der Waals surface area contributed by atoms with Crippen molar-refractivity contribution in [3.8, 4) is 0 Å². The molecule has 28 heavy (non-hydrogen) atoms. The number of sulfonamides is 1. The lowest BCUT2D eigenvalue weighted by Gasteiger charge is -2.23. The summed E-state index contributed by atoms with van der Waals surface area (Å²) in [7, 11) is -8.78. The summed E-state index contributed by atoms with van der Waals surface area (Å²) in [5.41, 5.74) is 0.544. The van der Waals surface area contributed by atoms with Crippen molar-refractivity contribution in [1.82, 2.24) is 0 Å². The maximum atomic E-state index is 13.4. The number of benzene rings is 2. The van der Waals surface area contributed by atoms with Crippen LogP contribution in [0.5, 0.6) is 0 Å². The average molecular weight is 425 g/mol. The van der Waals surface area contributed by atoms with Gasteiger partial charge in [0.1, 0.15) is 9.79 Å². The highest BCUT2D eigenvalue weighted by Crippen LogP contribution is 2.38. The Hall–Kier alpha value is -2.43. The number of carbonyl (C=O) groups is 1. The van der Waals surface area contributed by atoms with Crippen LogP contribution in [0.15, 0.2) is 51.1 Å². The summed E-state index contributed by atoms with van der Waals surface area (Å²) in [6, 6.07) is 7.98. The molecule has 0 aliphatic carbocycles. The lowest BCUT2D eigenvalue weighted by molar-refractivity contribution is 0.0696. The first-order valence-corrected chi connectivity index (χ1v) is 11.6. The van der Waals surface area contributed by atoms with E-state index in [1.54, 1.807) is 24.0 Å². The quantitative estimate of drug-likeness (QED) is 0.747. The van der Waals surface area contributed by atoms with E-state index in [-0.39, 0.29) is 16.1 Å². The predicted molar refractivity (Wildman–Crippen MR) is 103 cm³/mol. The van der Waals surface area contributed by atoms with Crippen LogP contribution in [0.1, 0.15) is 28.8 Å². The zero-order valence-corrected chi connectivity index (χ0v) is 16.8. The van der Waals surface area contributed by atoms with Crippen molar-refractivity contribution in [1.29, 1.82) is 0 Å². The highest BCUT2D eigenvalue weighted by molar-refractivity contribution is 7.93. The molecule has 2 aromatic rings. The first-order valence-electron chi connectivity index (χ1n) is 8.52. The average Bonchev–Trinajstić information content (AvgIpc) is 3.14. The van der Waals surface area contributed by atoms with Crippen molar-refractivity contribution in [3.05, 3.63) is 47.5 Å². The van der Waals surface area contributed by atoms with E-state index in [1.165, 1.54) is 18.2 Å². The fourth-order valence-corrected chi connectivity index (χ4v) is 6.07. The van der Waals surface area contributed by atoms with Gasteiger partial charge < -0.3 is 10.0 Å². The third kappa shape index (κ3) is 3.75. The molecule has 150 valence electrons. The Morgan fingerprint density at radius 3 is 2.11 bits per heavy atom. The number of carboxylic acid groups (broad SMARTS) is 1. The molecule has 0 saturated carbocycles. The molecule has 0 aromatic heterocycles. The van der Waals surface area contributed by atoms with E-state index in [0.29, 0.717) is 13.1 Å². The highest BCUT2D eigenvalue weighted by Gasteiger charge is 2.33. The third-order valence-electron chi connectivity index (χ3n) is 4.64. The van der Waals surface area contributed by atoms with Crippen molar-refractivity contribution >= 4 is 31.5 Å². The molecule has 0 spiro atoms. The number of nitrogens with two attached hydrogens (primary N) is 1. The van der Waals surface area contributed by atoms with Crippen LogP contribution in [-0.4, -0.2) is 41.0 Å². The minimum Gasteiger partial charge on any atom is -0.478 e. The van der Waals surface area contributed by atoms with Gasteiger partial charge in [0.25, 0.3) is 0 Å². The molecule has 0 unspecified atom stereocenters. The number of rotatable bonds is 5. The normalized spacial score (nSPS) is 15.0. The summed E-state index contributed by atoms with van der Waals surface area (Å²) in [5, 5.41) is 14.7. The molecule has 1 saturated heterocycles. The lowest BCUT2D eigenvalue weighted by atomic mass is 10.2. The maximum Gasteiger partial charge on any atom is 0.335 e. The summed E-state index contributed by atoms with van der Waals surface area (Å²) in [6.07, 6.45) is 1.57. The fraction of sp³-hybridized carbons (Fsp3) is 0.278. The lowest BCUT2D eigenvalue weighted by Crippen LogP contribution is -2.25. The van der Waals surface area contributed by atoms with Gasteiger partial charge in [-0.05, 0) is 44.0 Å². The van der Waals surface area contributed by atoms with Gasteiger partial charge >= 0.3 is 5.97 Å². The Bertz CT molecular complexity index is 1130. The number of aryl methyl sites for hydroxylation is 1. The SMILES string of the molecule is Cc1ccc(S(=O)(=O)c2c(N3CCCC3)cc(C(=O)O)cc2S(N)(=O)=O)cc1. The topological polar surface area (TPSA) is 135 Å². The van der Waals surface area contributed by atoms with E-state index in [4.69, 9.17) is 5.14 Å². The molecule has 1 aliphatic rings. The molecule has 2 aromatic carbocycles. The summed E-state index contributed by atoms with van der Waals surface area (Å²) >= 11 is 0. The first kappa shape index (κ1) is 20.3. The second-order valence-corrected chi connectivity index (χ2v) is 10.1. The monoisotopic (exact) mass is 424 g/mol. The number of hydrogen-bond acceptors (Lipinski definition) is 6. The molecule has 8 nitrogen and oxygen atoms in total. The van der Waals surface area contributed by atoms with Crippen LogP contribution in [0.4, 0.5) is 5.69 Å². The van der Waals surface area contributed by atoms with Crippen molar-refractivity contribution in [3.63, 3.8) is 0 Å². The molecular weight excluding hydrogens is 404 g/mol. The zero-order valence-electron chi connectivity index (χ0n) is 15.1. The Morgan fingerprint density at radius 1 is 1.04 bits per heavy atom. The number of carboxylic acids is 1. The van der Waals surface area contributed by atoms with Crippen LogP contribution in [0, 0.1) is 6.92 Å². The van der Waals surface area contributed by atoms with Gasteiger partial charge in [0.05, 0.1) is 16.1 Å². The molecule has 1 aliphatic heterocycles. The van der Waals surface area contributed by atoms with Gasteiger partial charge in [0.15, 0.2) is 0 Å². The highest BCUT2D eigenvalue weighted by atomic mass is 32.2. The molecule has 3 rings (SSSR count). The number of aromatic carboxylic acids is 1. The number of anilines is 1. The maximum absolute atomic E-state index is 13.4. The second-order valence-electron chi connectivity index (χ2n) is 6.68. The van der Waals surface area contributed by atoms with Crippen molar-refractivity contribution in [2.45, 2.75) is 34.5 Å². The summed E-state index contributed by atoms with van der Waals surface area (Å²) in [6.45, 7) is 2.77. The van der Waals surface area contributed by atoms with Gasteiger partial charge in [-0.2, -0.15) is 0 Å². The standard InChI is InChI=1S/C18H20N2O6S2/c1-12-4-6-14(7-5-12)27(23,24)17-15(20-8-2-3-9-20)10-13(18(21)22)11-16(17)28(19,25)26/h4-7,10-11H,2-3,8-9H2,1H3,(H,21,22)(H2,19,25,26). The number of sulfone groups is 1. The molecule has 10 heteroatoms. The minimum absolute atomic E-state index is 0.0435. The molecule has 0 bridgehead atoms. The van der Waals surface area contributed by atoms with E-state index >= 15 is 0 Å². The van der Waals surface area contributed by atoms with Crippen LogP contribution in [-0.2, 0) is 19.9 Å². The van der Waals surface area contributed by atoms with E-state index in [2.05, 4.69) is 0 Å². The van der Waals surface area contributed by atoms with Gasteiger partial charge in [-0.15, -0.1) is 0 Å². The number of primary sulfonamides is 1. The van der Waals surface area contributed by atoms with Gasteiger partial charge in [-0.25, -0.2) is 26.8 Å². The summed E-state index contributed by atoms with van der Waals surface area (Å²) < 4.78 is 51.2. The van der Waals surface area contributed by atoms with Gasteiger partial charge in [-0.3, -0.25) is 0 Å². The van der Waals surface area contributed by atoms with Crippen LogP contribution in [0.3, 0.4) is 0 Å². The molecule has 3 N–H and O–H groups in total. The van der Waals surface area contributed by atoms with Crippen molar-refractivity contribution in [2.75, 3.05) is 18.0 Å². The molecule has 0 amide bonds. The van der Waals surface area contributed by atoms with Crippen LogP contribution in [0.25, 0.3) is 0 Å². The van der Waals surface area contributed by atoms with Crippen LogP contribution < -0.4 is 10.0 Å². The first-order chi connectivity index (χ1) is 13.0. The van der Waals surface area contributed by atoms with Gasteiger partial charge in [0.2, 0.25) is 19.9 Å². The van der Waals surface area contributed by atoms with Crippen LogP contribution >= 0.6 is 0 Å². The Morgan fingerprint density at radius 2 is 1.61 bits per heavy atom. The third-order valence-corrected chi connectivity index (χ3v) is 7.56. The smallest absolute Gasteiger partial charge is 0.335 e. The van der Waals surface area contributed by atoms with E-state index in [0.717, 1.165) is 24.5 Å². The molecule has 0 atom stereocenters. The predicted octanol–water partition coefficient (Wildman–Crippen LogP) is 1.77. The van der Waals surface area contributed by atoms with Crippen LogP contribution in [0.2, 0.25) is 0 Å². The summed E-state index contributed by atoms with van der Waals surface area (Å²) in [4.78, 5) is 11.9. The zero-order chi connectivity index (χ0) is 20.7. The molecule has 0 radical (unpaired) electrons. The number of nitrogens with zero attached hydrogens (tertiary/aromatic N) is 1. The molecule has 1 heterocycles. The van der Waals surface area contributed by atoms with Gasteiger partial charge in [0, 0.05) is 13.1 Å². The second kappa shape index (κ2) is 7.19. The van der Waals surface area contributed by atoms with Crippen molar-refractivity contribution in [2.24, 2.45) is 5.14 Å².